The number of anilines is 1. The number of halogens is 2. The molecule has 1 saturated heterocycles. The molecule has 0 spiro atoms. The van der Waals surface area contributed by atoms with Crippen molar-refractivity contribution in [3.63, 3.8) is 0 Å². The van der Waals surface area contributed by atoms with Gasteiger partial charge in [-0.15, -0.1) is 10.2 Å². The van der Waals surface area contributed by atoms with Gasteiger partial charge in [-0.05, 0) is 25.0 Å². The Morgan fingerprint density at radius 2 is 2.03 bits per heavy atom. The minimum atomic E-state index is -3.02. The van der Waals surface area contributed by atoms with Crippen LogP contribution in [-0.4, -0.2) is 46.6 Å². The summed E-state index contributed by atoms with van der Waals surface area (Å²) in [7, 11) is 0. The predicted molar refractivity (Wildman–Crippen MR) is 104 cm³/mol. The van der Waals surface area contributed by atoms with E-state index in [1.807, 2.05) is 13.8 Å². The summed E-state index contributed by atoms with van der Waals surface area (Å²) in [5, 5.41) is 12.1. The number of alkyl halides is 2. The molecule has 1 aliphatic rings. The Morgan fingerprint density at radius 1 is 1.28 bits per heavy atom. The van der Waals surface area contributed by atoms with Crippen LogP contribution in [0.5, 0.6) is 5.75 Å². The number of ether oxygens (including phenoxy) is 1. The molecule has 1 fully saturated rings. The Balaban J connectivity index is 1.67. The number of aromatic nitrogens is 2. The molecule has 3 rings (SSSR count). The van der Waals surface area contributed by atoms with Crippen LogP contribution >= 0.6 is 11.3 Å². The fraction of sp³-hybridized carbons (Fsp3) is 0.474. The van der Waals surface area contributed by atoms with Gasteiger partial charge in [-0.25, -0.2) is 0 Å². The van der Waals surface area contributed by atoms with E-state index in [1.54, 1.807) is 6.07 Å². The Bertz CT molecular complexity index is 875. The smallest absolute Gasteiger partial charge is 0.387 e. The molecule has 2 heterocycles. The standard InChI is InChI=1S/C19H22F2N4O3S/c1-11(2)16-23-24-19(29-16)22-15(26)12-6-5-9-25(10-12)17(27)13-7-3-4-8-14(13)28-18(20)21/h3-4,7-8,11-12,18H,5-6,9-10H2,1-2H3,(H,22,24,26). The van der Waals surface area contributed by atoms with E-state index in [4.69, 9.17) is 0 Å². The summed E-state index contributed by atoms with van der Waals surface area (Å²) in [6, 6.07) is 5.88. The lowest BCUT2D eigenvalue weighted by Gasteiger charge is -2.32. The van der Waals surface area contributed by atoms with Gasteiger partial charge in [0.05, 0.1) is 11.5 Å². The molecule has 156 valence electrons. The van der Waals surface area contributed by atoms with Crippen LogP contribution in [0.1, 0.15) is 48.0 Å². The molecule has 1 aromatic heterocycles. The zero-order chi connectivity index (χ0) is 21.0. The number of rotatable bonds is 6. The van der Waals surface area contributed by atoms with Gasteiger partial charge in [-0.2, -0.15) is 8.78 Å². The van der Waals surface area contributed by atoms with Crippen molar-refractivity contribution in [3.8, 4) is 5.75 Å². The molecule has 0 bridgehead atoms. The monoisotopic (exact) mass is 424 g/mol. The second-order valence-electron chi connectivity index (χ2n) is 7.05. The highest BCUT2D eigenvalue weighted by Gasteiger charge is 2.31. The van der Waals surface area contributed by atoms with Gasteiger partial charge in [0.25, 0.3) is 5.91 Å². The first kappa shape index (κ1) is 21.1. The van der Waals surface area contributed by atoms with E-state index in [9.17, 15) is 18.4 Å². The Labute approximate surface area is 171 Å². The van der Waals surface area contributed by atoms with E-state index in [0.29, 0.717) is 24.5 Å². The number of piperidine rings is 1. The van der Waals surface area contributed by atoms with E-state index in [-0.39, 0.29) is 29.7 Å². The van der Waals surface area contributed by atoms with Crippen LogP contribution in [0, 0.1) is 5.92 Å². The fourth-order valence-corrected chi connectivity index (χ4v) is 3.86. The average Bonchev–Trinajstić information content (AvgIpc) is 3.16. The molecule has 1 N–H and O–H groups in total. The summed E-state index contributed by atoms with van der Waals surface area (Å²) in [5.74, 6) is -1.03. The van der Waals surface area contributed by atoms with Gasteiger partial charge in [-0.3, -0.25) is 9.59 Å². The van der Waals surface area contributed by atoms with Crippen LogP contribution in [0.4, 0.5) is 13.9 Å². The molecule has 0 radical (unpaired) electrons. The van der Waals surface area contributed by atoms with Crippen molar-refractivity contribution < 1.29 is 23.1 Å². The lowest BCUT2D eigenvalue weighted by Crippen LogP contribution is -2.43. The summed E-state index contributed by atoms with van der Waals surface area (Å²) in [5.41, 5.74) is 0.0551. The van der Waals surface area contributed by atoms with Gasteiger partial charge in [0.15, 0.2) is 0 Å². The molecule has 2 amide bonds. The third-order valence-corrected chi connectivity index (χ3v) is 5.72. The minimum absolute atomic E-state index is 0.0551. The number of nitrogens with one attached hydrogen (secondary N) is 1. The molecule has 7 nitrogen and oxygen atoms in total. The van der Waals surface area contributed by atoms with Crippen molar-refractivity contribution in [1.82, 2.24) is 15.1 Å². The van der Waals surface area contributed by atoms with Gasteiger partial charge in [0.1, 0.15) is 10.8 Å². The van der Waals surface area contributed by atoms with Crippen LogP contribution < -0.4 is 10.1 Å². The Kier molecular flexibility index (Phi) is 6.73. The quantitative estimate of drug-likeness (QED) is 0.763. The lowest BCUT2D eigenvalue weighted by atomic mass is 9.96. The number of benzene rings is 1. The molecule has 1 atom stereocenters. The molecule has 2 aromatic rings. The summed E-state index contributed by atoms with van der Waals surface area (Å²) >= 11 is 1.32. The predicted octanol–water partition coefficient (Wildman–Crippen LogP) is 3.75. The third kappa shape index (κ3) is 5.26. The number of carbonyl (C=O) groups is 2. The number of para-hydroxylation sites is 1. The lowest BCUT2D eigenvalue weighted by molar-refractivity contribution is -0.121. The van der Waals surface area contributed by atoms with E-state index in [1.165, 1.54) is 34.4 Å². The number of hydrogen-bond acceptors (Lipinski definition) is 6. The SMILES string of the molecule is CC(C)c1nnc(NC(=O)C2CCCN(C(=O)c3ccccc3OC(F)F)C2)s1. The van der Waals surface area contributed by atoms with Crippen molar-refractivity contribution in [2.75, 3.05) is 18.4 Å². The molecule has 10 heteroatoms. The van der Waals surface area contributed by atoms with Crippen molar-refractivity contribution in [2.45, 2.75) is 39.2 Å². The molecule has 0 saturated carbocycles. The first-order valence-electron chi connectivity index (χ1n) is 9.32. The summed E-state index contributed by atoms with van der Waals surface area (Å²) in [6.07, 6.45) is 1.26. The van der Waals surface area contributed by atoms with Crippen LogP contribution in [0.15, 0.2) is 24.3 Å². The van der Waals surface area contributed by atoms with Gasteiger partial charge in [0, 0.05) is 19.0 Å². The molecule has 29 heavy (non-hydrogen) atoms. The zero-order valence-electron chi connectivity index (χ0n) is 16.1. The van der Waals surface area contributed by atoms with E-state index in [2.05, 4.69) is 20.3 Å². The Morgan fingerprint density at radius 3 is 2.72 bits per heavy atom. The summed E-state index contributed by atoms with van der Waals surface area (Å²) in [4.78, 5) is 27.0. The normalized spacial score (nSPS) is 16.9. The number of hydrogen-bond donors (Lipinski definition) is 1. The van der Waals surface area contributed by atoms with Crippen molar-refractivity contribution >= 4 is 28.3 Å². The topological polar surface area (TPSA) is 84.4 Å². The van der Waals surface area contributed by atoms with Crippen molar-refractivity contribution in [2.24, 2.45) is 5.92 Å². The molecular weight excluding hydrogens is 402 g/mol. The summed E-state index contributed by atoms with van der Waals surface area (Å²) in [6.45, 7) is 1.61. The second kappa shape index (κ2) is 9.25. The van der Waals surface area contributed by atoms with Crippen LogP contribution in [-0.2, 0) is 4.79 Å². The molecule has 1 aromatic carbocycles. The Hall–Kier alpha value is -2.62. The van der Waals surface area contributed by atoms with E-state index >= 15 is 0 Å². The molecule has 1 unspecified atom stereocenters. The highest BCUT2D eigenvalue weighted by molar-refractivity contribution is 7.15. The van der Waals surface area contributed by atoms with Crippen molar-refractivity contribution in [1.29, 1.82) is 0 Å². The maximum Gasteiger partial charge on any atom is 0.387 e. The highest BCUT2D eigenvalue weighted by atomic mass is 32.1. The maximum atomic E-state index is 12.9. The number of nitrogens with zero attached hydrogens (tertiary/aromatic N) is 3. The van der Waals surface area contributed by atoms with Gasteiger partial charge < -0.3 is 15.0 Å². The third-order valence-electron chi connectivity index (χ3n) is 4.58. The molecule has 0 aliphatic carbocycles. The molecular formula is C19H22F2N4O3S. The first-order valence-corrected chi connectivity index (χ1v) is 10.1. The van der Waals surface area contributed by atoms with Crippen LogP contribution in [0.3, 0.4) is 0 Å². The number of carbonyl (C=O) groups excluding carboxylic acids is 2. The van der Waals surface area contributed by atoms with Crippen molar-refractivity contribution in [3.05, 3.63) is 34.8 Å². The number of amides is 2. The van der Waals surface area contributed by atoms with Gasteiger partial charge >= 0.3 is 6.61 Å². The molecule has 1 aliphatic heterocycles. The van der Waals surface area contributed by atoms with Crippen LogP contribution in [0.25, 0.3) is 0 Å². The fourth-order valence-electron chi connectivity index (χ4n) is 3.11. The minimum Gasteiger partial charge on any atom is -0.434 e. The van der Waals surface area contributed by atoms with Gasteiger partial charge in [0.2, 0.25) is 11.0 Å². The number of likely N-dealkylation sites (tertiary alicyclic amines) is 1. The second-order valence-corrected chi connectivity index (χ2v) is 8.06. The largest absolute Gasteiger partial charge is 0.434 e. The average molecular weight is 424 g/mol. The van der Waals surface area contributed by atoms with Gasteiger partial charge in [-0.1, -0.05) is 37.3 Å². The summed E-state index contributed by atoms with van der Waals surface area (Å²) < 4.78 is 29.7. The van der Waals surface area contributed by atoms with E-state index in [0.717, 1.165) is 5.01 Å². The maximum absolute atomic E-state index is 12.9. The zero-order valence-corrected chi connectivity index (χ0v) is 16.9. The van der Waals surface area contributed by atoms with E-state index < -0.39 is 18.4 Å². The first-order chi connectivity index (χ1) is 13.8. The highest BCUT2D eigenvalue weighted by Crippen LogP contribution is 2.27. The van der Waals surface area contributed by atoms with Crippen LogP contribution in [0.2, 0.25) is 0 Å².